The molecule has 0 nitrogen and oxygen atoms in total. The average Bonchev–Trinajstić information content (AvgIpc) is 3.19. The standard InChI is InChI=1S/C24H38/c1-3-5-10-19-15-16-20(17-19)11-8-12-22-18-21(9-4-2)23-13-6-7-14-24(22)23/h4,6-7,13-14,19-24H,2-3,5,8-12,15-18H2,1H3. The number of rotatable bonds is 9. The van der Waals surface area contributed by atoms with Gasteiger partial charge in [0.05, 0.1) is 0 Å². The Morgan fingerprint density at radius 1 is 0.875 bits per heavy atom. The van der Waals surface area contributed by atoms with E-state index in [0.717, 1.165) is 35.5 Å². The summed E-state index contributed by atoms with van der Waals surface area (Å²) in [7, 11) is 0. The minimum Gasteiger partial charge on any atom is -0.103 e. The van der Waals surface area contributed by atoms with Crippen LogP contribution in [0.2, 0.25) is 0 Å². The Kier molecular flexibility index (Phi) is 6.81. The van der Waals surface area contributed by atoms with Gasteiger partial charge in [0.2, 0.25) is 0 Å². The van der Waals surface area contributed by atoms with E-state index in [1.54, 1.807) is 6.42 Å². The van der Waals surface area contributed by atoms with Crippen molar-refractivity contribution in [3.8, 4) is 0 Å². The van der Waals surface area contributed by atoms with Crippen molar-refractivity contribution >= 4 is 0 Å². The molecule has 0 spiro atoms. The second kappa shape index (κ2) is 9.07. The van der Waals surface area contributed by atoms with Crippen LogP contribution in [0.4, 0.5) is 0 Å². The molecule has 0 bridgehead atoms. The van der Waals surface area contributed by atoms with Crippen LogP contribution < -0.4 is 0 Å². The van der Waals surface area contributed by atoms with Gasteiger partial charge in [-0.25, -0.2) is 0 Å². The SMILES string of the molecule is C=CCC1CC(CCCC2CCC(CCCC)C2)C2C=CC=CC12. The molecular weight excluding hydrogens is 288 g/mol. The Morgan fingerprint density at radius 2 is 1.54 bits per heavy atom. The molecule has 3 aliphatic carbocycles. The van der Waals surface area contributed by atoms with Crippen LogP contribution in [-0.4, -0.2) is 0 Å². The lowest BCUT2D eigenvalue weighted by Crippen LogP contribution is -2.15. The molecule has 3 rings (SSSR count). The Bertz CT molecular complexity index is 443. The highest BCUT2D eigenvalue weighted by Crippen LogP contribution is 2.48. The summed E-state index contributed by atoms with van der Waals surface area (Å²) in [6.45, 7) is 6.32. The maximum absolute atomic E-state index is 3.99. The fraction of sp³-hybridized carbons (Fsp3) is 0.750. The van der Waals surface area contributed by atoms with Gasteiger partial charge in [0.15, 0.2) is 0 Å². The van der Waals surface area contributed by atoms with Crippen molar-refractivity contribution in [1.29, 1.82) is 0 Å². The first-order chi connectivity index (χ1) is 11.8. The lowest BCUT2D eigenvalue weighted by molar-refractivity contribution is 0.353. The molecular formula is C24H38. The molecule has 0 radical (unpaired) electrons. The largest absolute Gasteiger partial charge is 0.103 e. The van der Waals surface area contributed by atoms with Crippen LogP contribution in [0.25, 0.3) is 0 Å². The van der Waals surface area contributed by atoms with Gasteiger partial charge in [-0.2, -0.15) is 0 Å². The number of unbranched alkanes of at least 4 members (excludes halogenated alkanes) is 1. The van der Waals surface area contributed by atoms with E-state index < -0.39 is 0 Å². The van der Waals surface area contributed by atoms with Gasteiger partial charge in [0.1, 0.15) is 0 Å². The molecule has 0 aromatic rings. The van der Waals surface area contributed by atoms with Crippen molar-refractivity contribution in [3.05, 3.63) is 37.0 Å². The molecule has 0 amide bonds. The minimum absolute atomic E-state index is 0.794. The summed E-state index contributed by atoms with van der Waals surface area (Å²) in [5.74, 6) is 5.51. The molecule has 3 aliphatic rings. The van der Waals surface area contributed by atoms with Crippen LogP contribution in [0.15, 0.2) is 37.0 Å². The third-order valence-electron chi connectivity index (χ3n) is 7.19. The van der Waals surface area contributed by atoms with E-state index in [2.05, 4.69) is 43.9 Å². The van der Waals surface area contributed by atoms with E-state index in [-0.39, 0.29) is 0 Å². The zero-order valence-electron chi connectivity index (χ0n) is 15.8. The molecule has 2 saturated carbocycles. The summed E-state index contributed by atoms with van der Waals surface area (Å²) in [6.07, 6.45) is 27.7. The lowest BCUT2D eigenvalue weighted by Gasteiger charge is -2.23. The van der Waals surface area contributed by atoms with Gasteiger partial charge in [-0.15, -0.1) is 6.58 Å². The molecule has 0 aromatic heterocycles. The quantitative estimate of drug-likeness (QED) is 0.389. The van der Waals surface area contributed by atoms with Crippen molar-refractivity contribution in [2.45, 2.75) is 77.6 Å². The highest BCUT2D eigenvalue weighted by Gasteiger charge is 2.40. The fourth-order valence-corrected chi connectivity index (χ4v) is 5.93. The van der Waals surface area contributed by atoms with E-state index in [1.165, 1.54) is 64.2 Å². The normalized spacial score (nSPS) is 37.7. The predicted octanol–water partition coefficient (Wildman–Crippen LogP) is 7.33. The molecule has 0 saturated heterocycles. The molecule has 0 aromatic carbocycles. The Labute approximate surface area is 150 Å². The van der Waals surface area contributed by atoms with Gasteiger partial charge in [0, 0.05) is 0 Å². The summed E-state index contributed by atoms with van der Waals surface area (Å²) in [6, 6.07) is 0. The first-order valence-electron chi connectivity index (χ1n) is 10.8. The minimum atomic E-state index is 0.794. The van der Waals surface area contributed by atoms with E-state index in [0.29, 0.717) is 0 Å². The fourth-order valence-electron chi connectivity index (χ4n) is 5.93. The van der Waals surface area contributed by atoms with Gasteiger partial charge < -0.3 is 0 Å². The summed E-state index contributed by atoms with van der Waals surface area (Å²) in [5.41, 5.74) is 0. The van der Waals surface area contributed by atoms with E-state index in [1.807, 2.05) is 0 Å². The van der Waals surface area contributed by atoms with Gasteiger partial charge in [-0.3, -0.25) is 0 Å². The summed E-state index contributed by atoms with van der Waals surface area (Å²) >= 11 is 0. The zero-order valence-corrected chi connectivity index (χ0v) is 15.8. The van der Waals surface area contributed by atoms with Gasteiger partial charge in [-0.05, 0) is 61.2 Å². The maximum atomic E-state index is 3.99. The second-order valence-electron chi connectivity index (χ2n) is 8.82. The third-order valence-corrected chi connectivity index (χ3v) is 7.19. The highest BCUT2D eigenvalue weighted by atomic mass is 14.4. The molecule has 6 unspecified atom stereocenters. The lowest BCUT2D eigenvalue weighted by atomic mass is 9.81. The Morgan fingerprint density at radius 3 is 2.21 bits per heavy atom. The van der Waals surface area contributed by atoms with Crippen molar-refractivity contribution in [3.63, 3.8) is 0 Å². The van der Waals surface area contributed by atoms with Crippen molar-refractivity contribution in [2.24, 2.45) is 35.5 Å². The van der Waals surface area contributed by atoms with Gasteiger partial charge in [0.25, 0.3) is 0 Å². The molecule has 24 heavy (non-hydrogen) atoms. The molecule has 0 heterocycles. The van der Waals surface area contributed by atoms with Crippen molar-refractivity contribution in [2.75, 3.05) is 0 Å². The van der Waals surface area contributed by atoms with Crippen LogP contribution in [0, 0.1) is 35.5 Å². The first-order valence-corrected chi connectivity index (χ1v) is 10.8. The molecule has 0 aliphatic heterocycles. The average molecular weight is 327 g/mol. The third kappa shape index (κ3) is 4.44. The number of allylic oxidation sites excluding steroid dienone is 5. The van der Waals surface area contributed by atoms with Gasteiger partial charge in [-0.1, -0.05) is 82.2 Å². The van der Waals surface area contributed by atoms with Crippen LogP contribution in [0.1, 0.15) is 77.6 Å². The monoisotopic (exact) mass is 326 g/mol. The number of fused-ring (bicyclic) bond motifs is 1. The molecule has 2 fully saturated rings. The summed E-state index contributed by atoms with van der Waals surface area (Å²) in [5, 5.41) is 0. The van der Waals surface area contributed by atoms with Crippen LogP contribution in [-0.2, 0) is 0 Å². The molecule has 0 N–H and O–H groups in total. The van der Waals surface area contributed by atoms with Crippen molar-refractivity contribution < 1.29 is 0 Å². The smallest absolute Gasteiger partial charge is 0.0133 e. The van der Waals surface area contributed by atoms with Crippen LogP contribution >= 0.6 is 0 Å². The van der Waals surface area contributed by atoms with Crippen LogP contribution in [0.5, 0.6) is 0 Å². The zero-order chi connectivity index (χ0) is 16.8. The predicted molar refractivity (Wildman–Crippen MR) is 106 cm³/mol. The second-order valence-corrected chi connectivity index (χ2v) is 8.82. The summed E-state index contributed by atoms with van der Waals surface area (Å²) in [4.78, 5) is 0. The van der Waals surface area contributed by atoms with E-state index >= 15 is 0 Å². The Balaban J connectivity index is 1.41. The molecule has 134 valence electrons. The maximum Gasteiger partial charge on any atom is -0.0133 e. The Hall–Kier alpha value is -0.780. The van der Waals surface area contributed by atoms with E-state index in [4.69, 9.17) is 0 Å². The number of hydrogen-bond acceptors (Lipinski definition) is 0. The van der Waals surface area contributed by atoms with Crippen LogP contribution in [0.3, 0.4) is 0 Å². The molecule has 6 atom stereocenters. The van der Waals surface area contributed by atoms with E-state index in [9.17, 15) is 0 Å². The topological polar surface area (TPSA) is 0 Å². The summed E-state index contributed by atoms with van der Waals surface area (Å²) < 4.78 is 0. The highest BCUT2D eigenvalue weighted by molar-refractivity contribution is 5.19. The molecule has 0 heteroatoms. The van der Waals surface area contributed by atoms with Crippen molar-refractivity contribution in [1.82, 2.24) is 0 Å². The number of hydrogen-bond donors (Lipinski definition) is 0. The first kappa shape index (κ1) is 18.0. The van der Waals surface area contributed by atoms with Gasteiger partial charge >= 0.3 is 0 Å².